The van der Waals surface area contributed by atoms with E-state index in [1.165, 1.54) is 0 Å². The van der Waals surface area contributed by atoms with E-state index in [4.69, 9.17) is 9.15 Å². The van der Waals surface area contributed by atoms with Crippen LogP contribution < -0.4 is 5.32 Å². The summed E-state index contributed by atoms with van der Waals surface area (Å²) in [6.07, 6.45) is 3.10. The first kappa shape index (κ1) is 21.1. The first-order chi connectivity index (χ1) is 15.0. The summed E-state index contributed by atoms with van der Waals surface area (Å²) in [5.41, 5.74) is 3.77. The molecule has 1 N–H and O–H groups in total. The van der Waals surface area contributed by atoms with Crippen molar-refractivity contribution in [3.63, 3.8) is 0 Å². The van der Waals surface area contributed by atoms with Crippen LogP contribution in [0.4, 0.5) is 4.79 Å². The van der Waals surface area contributed by atoms with Gasteiger partial charge in [0.2, 0.25) is 5.89 Å². The van der Waals surface area contributed by atoms with Gasteiger partial charge in [-0.1, -0.05) is 42.5 Å². The Kier molecular flexibility index (Phi) is 6.34. The highest BCUT2D eigenvalue weighted by Gasteiger charge is 2.25. The summed E-state index contributed by atoms with van der Waals surface area (Å²) in [6, 6.07) is 17.6. The highest BCUT2D eigenvalue weighted by atomic mass is 32.2. The Balaban J connectivity index is 1.43. The number of rotatable bonds is 7. The molecule has 1 aromatic heterocycles. The van der Waals surface area contributed by atoms with Crippen molar-refractivity contribution < 1.29 is 18.7 Å². The lowest BCUT2D eigenvalue weighted by atomic mass is 10.0. The van der Waals surface area contributed by atoms with Crippen LogP contribution in [0, 0.1) is 6.92 Å². The van der Waals surface area contributed by atoms with Gasteiger partial charge in [-0.15, -0.1) is 0 Å². The van der Waals surface area contributed by atoms with E-state index in [9.17, 15) is 9.59 Å². The molecule has 7 heteroatoms. The molecule has 0 bridgehead atoms. The second kappa shape index (κ2) is 9.32. The Morgan fingerprint density at radius 1 is 1.13 bits per heavy atom. The van der Waals surface area contributed by atoms with Crippen molar-refractivity contribution >= 4 is 29.0 Å². The molecular weight excluding hydrogens is 412 g/mol. The fraction of sp³-hybridized carbons (Fsp3) is 0.208. The largest absolute Gasteiger partial charge is 0.441 e. The summed E-state index contributed by atoms with van der Waals surface area (Å²) in [5, 5.41) is 1.92. The van der Waals surface area contributed by atoms with Crippen molar-refractivity contribution in [3.8, 4) is 11.5 Å². The van der Waals surface area contributed by atoms with Crippen LogP contribution in [0.5, 0.6) is 0 Å². The number of nitrogens with zero attached hydrogens (tertiary/aromatic N) is 1. The third-order valence-electron chi connectivity index (χ3n) is 5.09. The number of carbonyl (C=O) groups excluding carboxylic acids is 2. The summed E-state index contributed by atoms with van der Waals surface area (Å²) in [6.45, 7) is 1.93. The Labute approximate surface area is 184 Å². The zero-order chi connectivity index (χ0) is 21.8. The molecule has 4 rings (SSSR count). The molecule has 2 amide bonds. The van der Waals surface area contributed by atoms with Crippen LogP contribution in [0.15, 0.2) is 63.9 Å². The maximum atomic E-state index is 11.7. The summed E-state index contributed by atoms with van der Waals surface area (Å²) < 4.78 is 11.6. The topological polar surface area (TPSA) is 81.4 Å². The number of hydrogen-bond donors (Lipinski definition) is 1. The molecule has 1 aliphatic heterocycles. The molecule has 3 aromatic rings. The highest BCUT2D eigenvalue weighted by molar-refractivity contribution is 8.18. The number of hydrogen-bond acceptors (Lipinski definition) is 6. The fourth-order valence-electron chi connectivity index (χ4n) is 3.43. The number of aryl methyl sites for hydroxylation is 2. The smallest absolute Gasteiger partial charge is 0.290 e. The van der Waals surface area contributed by atoms with E-state index in [1.807, 2.05) is 61.5 Å². The third-order valence-corrected chi connectivity index (χ3v) is 5.90. The Bertz CT molecular complexity index is 1120. The van der Waals surface area contributed by atoms with Gasteiger partial charge < -0.3 is 9.15 Å². The molecule has 1 unspecified atom stereocenters. The lowest BCUT2D eigenvalue weighted by molar-refractivity contribution is -0.115. The van der Waals surface area contributed by atoms with E-state index in [0.29, 0.717) is 10.8 Å². The molecule has 0 radical (unpaired) electrons. The van der Waals surface area contributed by atoms with Gasteiger partial charge in [-0.05, 0) is 60.9 Å². The number of thioether (sulfide) groups is 1. The van der Waals surface area contributed by atoms with Gasteiger partial charge in [0.15, 0.2) is 0 Å². The number of aromatic nitrogens is 1. The zero-order valence-electron chi connectivity index (χ0n) is 17.3. The van der Waals surface area contributed by atoms with Crippen molar-refractivity contribution in [2.24, 2.45) is 0 Å². The van der Waals surface area contributed by atoms with Crippen LogP contribution in [0.2, 0.25) is 0 Å². The normalized spacial score (nSPS) is 16.0. The van der Waals surface area contributed by atoms with E-state index < -0.39 is 0 Å². The fourth-order valence-corrected chi connectivity index (χ4v) is 4.11. The number of benzene rings is 2. The van der Waals surface area contributed by atoms with Crippen LogP contribution in [-0.2, 0) is 16.0 Å². The minimum Gasteiger partial charge on any atom is -0.441 e. The molecule has 31 heavy (non-hydrogen) atoms. The van der Waals surface area contributed by atoms with Crippen LogP contribution in [0.25, 0.3) is 17.5 Å². The molecule has 1 aliphatic rings. The number of imide groups is 1. The lowest BCUT2D eigenvalue weighted by Gasteiger charge is -2.15. The van der Waals surface area contributed by atoms with Crippen LogP contribution >= 0.6 is 11.8 Å². The quantitative estimate of drug-likeness (QED) is 0.509. The molecule has 0 spiro atoms. The van der Waals surface area contributed by atoms with E-state index in [0.717, 1.165) is 52.7 Å². The van der Waals surface area contributed by atoms with Crippen molar-refractivity contribution in [2.75, 3.05) is 7.11 Å². The number of oxazole rings is 1. The number of carbonyl (C=O) groups is 2. The van der Waals surface area contributed by atoms with E-state index >= 15 is 0 Å². The van der Waals surface area contributed by atoms with E-state index in [-0.39, 0.29) is 17.3 Å². The molecule has 1 atom stereocenters. The van der Waals surface area contributed by atoms with Gasteiger partial charge in [0.25, 0.3) is 11.1 Å². The molecule has 2 heterocycles. The molecule has 1 saturated heterocycles. The van der Waals surface area contributed by atoms with Crippen LogP contribution in [-0.4, -0.2) is 23.2 Å². The number of amides is 2. The summed E-state index contributed by atoms with van der Waals surface area (Å²) in [4.78, 5) is 28.1. The van der Waals surface area contributed by atoms with Gasteiger partial charge in [0.1, 0.15) is 5.76 Å². The summed E-state index contributed by atoms with van der Waals surface area (Å²) >= 11 is 0.912. The van der Waals surface area contributed by atoms with E-state index in [1.54, 1.807) is 13.2 Å². The summed E-state index contributed by atoms with van der Waals surface area (Å²) in [7, 11) is 1.69. The zero-order valence-corrected chi connectivity index (χ0v) is 18.1. The number of nitrogens with one attached hydrogen (secondary N) is 1. The Hall–Kier alpha value is -3.16. The SMILES string of the molecule is COC(CCc1nc(-c2ccccc2)oc1C)c1ccc(C=C2SC(=O)NC2=O)cc1. The van der Waals surface area contributed by atoms with Gasteiger partial charge in [-0.3, -0.25) is 14.9 Å². The van der Waals surface area contributed by atoms with Crippen molar-refractivity contribution in [2.45, 2.75) is 25.9 Å². The third kappa shape index (κ3) is 4.95. The molecule has 6 nitrogen and oxygen atoms in total. The van der Waals surface area contributed by atoms with Crippen molar-refractivity contribution in [1.82, 2.24) is 10.3 Å². The molecular formula is C24H22N2O4S. The van der Waals surface area contributed by atoms with Gasteiger partial charge >= 0.3 is 0 Å². The first-order valence-corrected chi connectivity index (χ1v) is 10.7. The second-order valence-corrected chi connectivity index (χ2v) is 8.18. The minimum atomic E-state index is -0.355. The summed E-state index contributed by atoms with van der Waals surface area (Å²) in [5.74, 6) is 1.09. The molecule has 0 aliphatic carbocycles. The highest BCUT2D eigenvalue weighted by Crippen LogP contribution is 2.28. The van der Waals surface area contributed by atoms with Crippen LogP contribution in [0.1, 0.15) is 35.1 Å². The van der Waals surface area contributed by atoms with Crippen molar-refractivity contribution in [1.29, 1.82) is 0 Å². The van der Waals surface area contributed by atoms with Gasteiger partial charge in [-0.25, -0.2) is 4.98 Å². The molecule has 0 saturated carbocycles. The van der Waals surface area contributed by atoms with Gasteiger partial charge in [0.05, 0.1) is 16.7 Å². The first-order valence-electron chi connectivity index (χ1n) is 9.93. The molecule has 2 aromatic carbocycles. The van der Waals surface area contributed by atoms with Gasteiger partial charge in [-0.2, -0.15) is 0 Å². The van der Waals surface area contributed by atoms with Crippen LogP contribution in [0.3, 0.4) is 0 Å². The standard InChI is InChI=1S/C24H22N2O4S/c1-15-19(25-23(30-15)18-6-4-3-5-7-18)12-13-20(29-2)17-10-8-16(9-11-17)14-21-22(27)26-24(28)31-21/h3-11,14,20H,12-13H2,1-2H3,(H,26,27,28). The van der Waals surface area contributed by atoms with Gasteiger partial charge in [0, 0.05) is 12.7 Å². The number of ether oxygens (including phenoxy) is 1. The second-order valence-electron chi connectivity index (χ2n) is 7.17. The Morgan fingerprint density at radius 2 is 1.87 bits per heavy atom. The average molecular weight is 435 g/mol. The maximum Gasteiger partial charge on any atom is 0.290 e. The minimum absolute atomic E-state index is 0.0938. The monoisotopic (exact) mass is 434 g/mol. The number of methoxy groups -OCH3 is 1. The maximum absolute atomic E-state index is 11.7. The van der Waals surface area contributed by atoms with E-state index in [2.05, 4.69) is 10.3 Å². The lowest BCUT2D eigenvalue weighted by Crippen LogP contribution is -2.17. The Morgan fingerprint density at radius 3 is 2.52 bits per heavy atom. The predicted molar refractivity (Wildman–Crippen MR) is 120 cm³/mol. The predicted octanol–water partition coefficient (Wildman–Crippen LogP) is 5.29. The molecule has 1 fully saturated rings. The molecule has 158 valence electrons. The average Bonchev–Trinajstić information content (AvgIpc) is 3.31. The van der Waals surface area contributed by atoms with Crippen molar-refractivity contribution in [3.05, 3.63) is 82.1 Å².